The molecule has 0 saturated carbocycles. The summed E-state index contributed by atoms with van der Waals surface area (Å²) in [6, 6.07) is 13.5. The van der Waals surface area contributed by atoms with Gasteiger partial charge in [-0.25, -0.2) is 4.79 Å². The maximum atomic E-state index is 12.5. The van der Waals surface area contributed by atoms with Crippen molar-refractivity contribution in [3.63, 3.8) is 0 Å². The molecule has 1 atom stereocenters. The number of ether oxygens (including phenoxy) is 3. The molecular formula is C23H27NO7S. The quantitative estimate of drug-likeness (QED) is 0.191. The van der Waals surface area contributed by atoms with Crippen LogP contribution in [0.5, 0.6) is 5.75 Å². The van der Waals surface area contributed by atoms with E-state index in [1.54, 1.807) is 48.5 Å². The molecule has 0 saturated heterocycles. The number of Topliss-reactive ketones (excluding diaryl/α,β-unsaturated/α-hetero) is 1. The molecule has 2 aromatic rings. The number of amides is 1. The van der Waals surface area contributed by atoms with E-state index in [4.69, 9.17) is 19.3 Å². The smallest absolute Gasteiger partial charge is 0.412 e. The van der Waals surface area contributed by atoms with Crippen molar-refractivity contribution in [2.75, 3.05) is 30.9 Å². The first kappa shape index (κ1) is 25.2. The number of carbonyl (C=O) groups is 3. The minimum Gasteiger partial charge on any atom is -0.491 e. The van der Waals surface area contributed by atoms with Crippen LogP contribution in [-0.2, 0) is 14.3 Å². The normalized spacial score (nSPS) is 11.3. The molecule has 0 aliphatic carbocycles. The molecule has 8 nitrogen and oxygen atoms in total. The summed E-state index contributed by atoms with van der Waals surface area (Å²) in [4.78, 5) is 35.2. The Morgan fingerprint density at radius 2 is 1.84 bits per heavy atom. The molecule has 0 aliphatic rings. The second kappa shape index (κ2) is 13.4. The Balaban J connectivity index is 2.06. The predicted molar refractivity (Wildman–Crippen MR) is 122 cm³/mol. The van der Waals surface area contributed by atoms with Gasteiger partial charge in [-0.1, -0.05) is 12.1 Å². The number of aliphatic hydroxyl groups is 1. The van der Waals surface area contributed by atoms with E-state index in [0.717, 1.165) is 0 Å². The van der Waals surface area contributed by atoms with Gasteiger partial charge in [-0.05, 0) is 61.7 Å². The summed E-state index contributed by atoms with van der Waals surface area (Å²) < 4.78 is 16.1. The second-order valence-corrected chi connectivity index (χ2v) is 7.13. The molecule has 0 aliphatic heterocycles. The number of nitrogens with one attached hydrogen (secondary N) is 1. The molecule has 2 N–H and O–H groups in total. The van der Waals surface area contributed by atoms with Crippen molar-refractivity contribution < 1.29 is 33.7 Å². The Hall–Kier alpha value is -3.04. The van der Waals surface area contributed by atoms with Crippen molar-refractivity contribution in [3.05, 3.63) is 59.7 Å². The third kappa shape index (κ3) is 8.60. The van der Waals surface area contributed by atoms with Gasteiger partial charge in [-0.2, -0.15) is 12.6 Å². The molecule has 0 aromatic heterocycles. The molecule has 0 unspecified atom stereocenters. The van der Waals surface area contributed by atoms with Crippen LogP contribution in [0.2, 0.25) is 0 Å². The lowest BCUT2D eigenvalue weighted by molar-refractivity contribution is -0.140. The van der Waals surface area contributed by atoms with Gasteiger partial charge in [-0.15, -0.1) is 0 Å². The van der Waals surface area contributed by atoms with Gasteiger partial charge in [0.25, 0.3) is 0 Å². The van der Waals surface area contributed by atoms with E-state index in [2.05, 4.69) is 17.9 Å². The van der Waals surface area contributed by atoms with Gasteiger partial charge in [0, 0.05) is 11.3 Å². The summed E-state index contributed by atoms with van der Waals surface area (Å²) in [5, 5.41) is 11.6. The van der Waals surface area contributed by atoms with Gasteiger partial charge in [0.15, 0.2) is 5.78 Å². The van der Waals surface area contributed by atoms with Gasteiger partial charge in [0.2, 0.25) is 0 Å². The second-order valence-electron chi connectivity index (χ2n) is 6.82. The molecule has 9 heteroatoms. The molecule has 1 amide bonds. The van der Waals surface area contributed by atoms with Crippen LogP contribution in [0.15, 0.2) is 48.5 Å². The molecular weight excluding hydrogens is 434 g/mol. The van der Waals surface area contributed by atoms with E-state index in [1.165, 1.54) is 6.92 Å². The third-order valence-corrected chi connectivity index (χ3v) is 4.64. The topological polar surface area (TPSA) is 111 Å². The number of ketones is 1. The lowest BCUT2D eigenvalue weighted by atomic mass is 10.0. The average molecular weight is 462 g/mol. The highest BCUT2D eigenvalue weighted by Gasteiger charge is 2.18. The molecule has 2 rings (SSSR count). The number of aliphatic hydroxyl groups excluding tert-OH is 1. The van der Waals surface area contributed by atoms with Crippen LogP contribution in [0.4, 0.5) is 10.5 Å². The first-order chi connectivity index (χ1) is 15.4. The maximum absolute atomic E-state index is 12.5. The molecule has 0 fully saturated rings. The van der Waals surface area contributed by atoms with Gasteiger partial charge < -0.3 is 19.3 Å². The zero-order chi connectivity index (χ0) is 23.3. The first-order valence-electron chi connectivity index (χ1n) is 10.1. The summed E-state index contributed by atoms with van der Waals surface area (Å²) in [6.45, 7) is 1.66. The van der Waals surface area contributed by atoms with Crippen LogP contribution >= 0.6 is 12.6 Å². The summed E-state index contributed by atoms with van der Waals surface area (Å²) in [5.74, 6) is 0.0413. The van der Waals surface area contributed by atoms with E-state index < -0.39 is 18.2 Å². The molecule has 0 spiro atoms. The predicted octanol–water partition coefficient (Wildman–Crippen LogP) is 3.80. The summed E-state index contributed by atoms with van der Waals surface area (Å²) in [5.41, 5.74) is 1.72. The largest absolute Gasteiger partial charge is 0.491 e. The van der Waals surface area contributed by atoms with Crippen LogP contribution in [0, 0.1) is 0 Å². The Kier molecular flexibility index (Phi) is 10.6. The number of esters is 1. The number of hydrogen-bond donors (Lipinski definition) is 3. The van der Waals surface area contributed by atoms with Gasteiger partial charge >= 0.3 is 12.1 Å². The van der Waals surface area contributed by atoms with Crippen molar-refractivity contribution in [1.29, 1.82) is 0 Å². The zero-order valence-electron chi connectivity index (χ0n) is 17.8. The minimum absolute atomic E-state index is 0.00497. The highest BCUT2D eigenvalue weighted by molar-refractivity contribution is 7.81. The van der Waals surface area contributed by atoms with E-state index in [0.29, 0.717) is 35.4 Å². The Morgan fingerprint density at radius 1 is 1.09 bits per heavy atom. The number of thiol groups is 1. The SMILES string of the molecule is CC(=O)c1ccc(NC(=O)O[C@@H](CCCOC(=O)CS)c2cccc(OCCO)c2)cc1. The van der Waals surface area contributed by atoms with Crippen LogP contribution in [0.1, 0.15) is 41.8 Å². The average Bonchev–Trinajstić information content (AvgIpc) is 2.80. The summed E-state index contributed by atoms with van der Waals surface area (Å²) in [7, 11) is 0. The Bertz CT molecular complexity index is 901. The number of carbonyl (C=O) groups excluding carboxylic acids is 3. The molecule has 0 bridgehead atoms. The molecule has 2 aromatic carbocycles. The monoisotopic (exact) mass is 461 g/mol. The Labute approximate surface area is 192 Å². The molecule has 32 heavy (non-hydrogen) atoms. The minimum atomic E-state index is -0.667. The van der Waals surface area contributed by atoms with Gasteiger partial charge in [0.1, 0.15) is 18.5 Å². The van der Waals surface area contributed by atoms with Crippen LogP contribution < -0.4 is 10.1 Å². The lowest BCUT2D eigenvalue weighted by Gasteiger charge is -2.19. The standard InChI is InChI=1S/C23H27NO7S/c1-16(26)17-7-9-19(10-8-17)24-23(28)31-21(6-3-12-30-22(27)15-32)18-4-2-5-20(14-18)29-13-11-25/h2,4-5,7-10,14,21,25,32H,3,6,11-13,15H2,1H3,(H,24,28)/t21-/m0/s1. The number of hydrogen-bond acceptors (Lipinski definition) is 8. The van der Waals surface area contributed by atoms with Crippen molar-refractivity contribution in [2.45, 2.75) is 25.9 Å². The maximum Gasteiger partial charge on any atom is 0.412 e. The van der Waals surface area contributed by atoms with Crippen LogP contribution in [0.25, 0.3) is 0 Å². The van der Waals surface area contributed by atoms with Crippen molar-refractivity contribution in [2.24, 2.45) is 0 Å². The molecule has 172 valence electrons. The van der Waals surface area contributed by atoms with E-state index >= 15 is 0 Å². The van der Waals surface area contributed by atoms with Crippen LogP contribution in [0.3, 0.4) is 0 Å². The number of anilines is 1. The van der Waals surface area contributed by atoms with Gasteiger partial charge in [-0.3, -0.25) is 14.9 Å². The van der Waals surface area contributed by atoms with E-state index in [-0.39, 0.29) is 31.4 Å². The molecule has 0 radical (unpaired) electrons. The van der Waals surface area contributed by atoms with Gasteiger partial charge in [0.05, 0.1) is 19.0 Å². The van der Waals surface area contributed by atoms with E-state index in [1.807, 2.05) is 0 Å². The fourth-order valence-electron chi connectivity index (χ4n) is 2.83. The van der Waals surface area contributed by atoms with Crippen molar-refractivity contribution >= 4 is 36.2 Å². The zero-order valence-corrected chi connectivity index (χ0v) is 18.7. The first-order valence-corrected chi connectivity index (χ1v) is 10.7. The number of rotatable bonds is 12. The lowest BCUT2D eigenvalue weighted by Crippen LogP contribution is -2.18. The highest BCUT2D eigenvalue weighted by Crippen LogP contribution is 2.27. The van der Waals surface area contributed by atoms with E-state index in [9.17, 15) is 14.4 Å². The fourth-order valence-corrected chi connectivity index (χ4v) is 2.92. The molecule has 0 heterocycles. The van der Waals surface area contributed by atoms with Crippen molar-refractivity contribution in [3.8, 4) is 5.75 Å². The summed E-state index contributed by atoms with van der Waals surface area (Å²) >= 11 is 3.86. The summed E-state index contributed by atoms with van der Waals surface area (Å²) in [6.07, 6.45) is -0.426. The third-order valence-electron chi connectivity index (χ3n) is 4.38. The van der Waals surface area contributed by atoms with Crippen LogP contribution in [-0.4, -0.2) is 48.5 Å². The Morgan fingerprint density at radius 3 is 2.50 bits per heavy atom. The highest BCUT2D eigenvalue weighted by atomic mass is 32.1. The number of benzene rings is 2. The fraction of sp³-hybridized carbons (Fsp3) is 0.348. The van der Waals surface area contributed by atoms with Crippen molar-refractivity contribution in [1.82, 2.24) is 0 Å².